The number of nitrogens with one attached hydrogen (secondary N) is 3. The molecule has 6 aromatic rings. The Kier molecular flexibility index (Phi) is 10.6. The fourth-order valence-electron chi connectivity index (χ4n) is 8.57. The van der Waals surface area contributed by atoms with Crippen molar-refractivity contribution in [1.82, 2.24) is 45.6 Å². The van der Waals surface area contributed by atoms with Gasteiger partial charge in [0.25, 0.3) is 5.91 Å². The fraction of sp³-hybridized carbons (Fsp3) is 0.391. The van der Waals surface area contributed by atoms with Crippen molar-refractivity contribution in [2.75, 3.05) is 31.1 Å². The Morgan fingerprint density at radius 3 is 2.41 bits per heavy atom. The third-order valence-corrected chi connectivity index (χ3v) is 12.2. The third-order valence-electron chi connectivity index (χ3n) is 12.2. The van der Waals surface area contributed by atoms with Crippen molar-refractivity contribution in [3.05, 3.63) is 102 Å². The standard InChI is InChI=1S/C46H50N10O5/c1-26-20-29(8-12-34(26)27(2)50-43(59)44-53-45(54-61-44)46(3,4)5)40-35-23-36(51-41(35)49-25-48-40)30-9-14-38(47-24-30)56-18-16-55(17-19-56)32-21-31(22-32)28-6-10-33(11-7-28)60-37-13-15-39(57)52-42(37)58/h6-12,14,20,23-25,27,31-32,37H,13,15-19,21-22H2,1-5H3,(H,50,59)(H,48,49,51)(H,52,57,58)/t27-,31?,32?,37-/m1/s1. The molecule has 0 bridgehead atoms. The van der Waals surface area contributed by atoms with Gasteiger partial charge in [-0.05, 0) is 85.7 Å². The van der Waals surface area contributed by atoms with Gasteiger partial charge >= 0.3 is 11.8 Å². The molecule has 2 saturated heterocycles. The second-order valence-electron chi connectivity index (χ2n) is 17.5. The first-order valence-corrected chi connectivity index (χ1v) is 21.0. The minimum absolute atomic E-state index is 0.0521. The number of carbonyl (C=O) groups excluding carboxylic acids is 3. The van der Waals surface area contributed by atoms with Crippen molar-refractivity contribution < 1.29 is 23.6 Å². The normalized spacial score (nSPS) is 20.3. The largest absolute Gasteiger partial charge is 0.481 e. The summed E-state index contributed by atoms with van der Waals surface area (Å²) in [5, 5.41) is 10.2. The van der Waals surface area contributed by atoms with Crippen LogP contribution in [0.1, 0.15) is 98.5 Å². The number of anilines is 1. The van der Waals surface area contributed by atoms with Crippen molar-refractivity contribution in [2.24, 2.45) is 0 Å². The smallest absolute Gasteiger partial charge is 0.315 e. The number of imide groups is 1. The van der Waals surface area contributed by atoms with Crippen molar-refractivity contribution >= 4 is 34.6 Å². The number of rotatable bonds is 10. The number of H-pyrrole nitrogens is 1. The van der Waals surface area contributed by atoms with Crippen LogP contribution in [-0.2, 0) is 15.0 Å². The number of fused-ring (bicyclic) bond motifs is 1. The molecular weight excluding hydrogens is 773 g/mol. The summed E-state index contributed by atoms with van der Waals surface area (Å²) in [7, 11) is 0. The SMILES string of the molecule is Cc1cc(-c2ncnc3[nH]c(-c4ccc(N5CCN(C6CC(c7ccc(O[C@@H]8CCC(=O)NC8=O)cc7)C6)CC5)nc4)cc23)ccc1[C@@H](C)NC(=O)c1nc(C(C)(C)C)no1. The Bertz CT molecular complexity index is 2580. The minimum atomic E-state index is -0.623. The van der Waals surface area contributed by atoms with E-state index in [2.05, 4.69) is 81.9 Å². The van der Waals surface area contributed by atoms with Crippen molar-refractivity contribution in [2.45, 2.75) is 89.8 Å². The molecule has 9 rings (SSSR count). The average molecular weight is 823 g/mol. The van der Waals surface area contributed by atoms with Gasteiger partial charge in [-0.1, -0.05) is 50.2 Å². The number of carbonyl (C=O) groups is 3. The first-order chi connectivity index (χ1) is 29.4. The molecule has 61 heavy (non-hydrogen) atoms. The van der Waals surface area contributed by atoms with Crippen LogP contribution >= 0.6 is 0 Å². The van der Waals surface area contributed by atoms with Crippen molar-refractivity contribution in [3.63, 3.8) is 0 Å². The Balaban J connectivity index is 0.783. The molecule has 2 aliphatic heterocycles. The van der Waals surface area contributed by atoms with Crippen LogP contribution in [0.4, 0.5) is 5.82 Å². The van der Waals surface area contributed by atoms with Crippen LogP contribution in [0.3, 0.4) is 0 Å². The summed E-state index contributed by atoms with van der Waals surface area (Å²) < 4.78 is 11.1. The maximum Gasteiger partial charge on any atom is 0.315 e. The number of ether oxygens (including phenoxy) is 1. The summed E-state index contributed by atoms with van der Waals surface area (Å²) in [5.74, 6) is 1.55. The molecule has 15 heteroatoms. The maximum absolute atomic E-state index is 12.9. The van der Waals surface area contributed by atoms with Crippen molar-refractivity contribution in [1.29, 1.82) is 0 Å². The van der Waals surface area contributed by atoms with Crippen LogP contribution in [0.25, 0.3) is 33.5 Å². The zero-order valence-corrected chi connectivity index (χ0v) is 35.1. The highest BCUT2D eigenvalue weighted by atomic mass is 16.5. The molecule has 3 fully saturated rings. The zero-order valence-electron chi connectivity index (χ0n) is 35.1. The lowest BCUT2D eigenvalue weighted by Crippen LogP contribution is -2.53. The van der Waals surface area contributed by atoms with Crippen LogP contribution in [0.15, 0.2) is 77.7 Å². The molecule has 15 nitrogen and oxygen atoms in total. The number of hydrogen-bond donors (Lipinski definition) is 3. The highest BCUT2D eigenvalue weighted by Gasteiger charge is 2.36. The molecule has 3 amide bonds. The summed E-state index contributed by atoms with van der Waals surface area (Å²) in [6, 6.07) is 20.8. The molecule has 3 aliphatic rings. The molecule has 2 atom stereocenters. The van der Waals surface area contributed by atoms with Gasteiger partial charge in [0.2, 0.25) is 5.91 Å². The fourth-order valence-corrected chi connectivity index (χ4v) is 8.57. The molecule has 2 aromatic carbocycles. The van der Waals surface area contributed by atoms with Gasteiger partial charge in [-0.2, -0.15) is 4.98 Å². The van der Waals surface area contributed by atoms with Crippen LogP contribution in [-0.4, -0.2) is 91.0 Å². The van der Waals surface area contributed by atoms with Gasteiger partial charge in [-0.15, -0.1) is 0 Å². The van der Waals surface area contributed by atoms with Gasteiger partial charge in [0.15, 0.2) is 11.9 Å². The number of nitrogens with zero attached hydrogens (tertiary/aromatic N) is 7. The van der Waals surface area contributed by atoms with Crippen LogP contribution in [0, 0.1) is 6.92 Å². The third kappa shape index (κ3) is 8.34. The molecule has 314 valence electrons. The predicted octanol–water partition coefficient (Wildman–Crippen LogP) is 6.42. The lowest BCUT2D eigenvalue weighted by molar-refractivity contribution is -0.138. The zero-order chi connectivity index (χ0) is 42.4. The number of amides is 3. The van der Waals surface area contributed by atoms with Gasteiger partial charge in [0.1, 0.15) is 23.5 Å². The van der Waals surface area contributed by atoms with E-state index in [9.17, 15) is 14.4 Å². The Labute approximate surface area is 353 Å². The number of aromatic amines is 1. The summed E-state index contributed by atoms with van der Waals surface area (Å²) in [4.78, 5) is 63.3. The Morgan fingerprint density at radius 2 is 1.72 bits per heavy atom. The van der Waals surface area contributed by atoms with E-state index in [-0.39, 0.29) is 29.2 Å². The van der Waals surface area contributed by atoms with E-state index in [0.717, 1.165) is 89.5 Å². The molecule has 0 radical (unpaired) electrons. The lowest BCUT2D eigenvalue weighted by atomic mass is 9.75. The monoisotopic (exact) mass is 822 g/mol. The molecule has 0 unspecified atom stereocenters. The van der Waals surface area contributed by atoms with Gasteiger partial charge in [-0.25, -0.2) is 15.0 Å². The van der Waals surface area contributed by atoms with Crippen LogP contribution in [0.5, 0.6) is 5.75 Å². The van der Waals surface area contributed by atoms with E-state index >= 15 is 0 Å². The number of hydrogen-bond acceptors (Lipinski definition) is 12. The number of piperazine rings is 1. The number of aryl methyl sites for hydroxylation is 1. The van der Waals surface area contributed by atoms with Gasteiger partial charge in [0, 0.05) is 78.9 Å². The van der Waals surface area contributed by atoms with Gasteiger partial charge < -0.3 is 24.5 Å². The maximum atomic E-state index is 12.9. The van der Waals surface area contributed by atoms with Crippen molar-refractivity contribution in [3.8, 4) is 28.3 Å². The topological polar surface area (TPSA) is 184 Å². The number of pyridine rings is 1. The number of aromatic nitrogens is 6. The Hall–Kier alpha value is -6.48. The van der Waals surface area contributed by atoms with Crippen LogP contribution < -0.4 is 20.3 Å². The summed E-state index contributed by atoms with van der Waals surface area (Å²) in [6.45, 7) is 13.7. The molecule has 3 N–H and O–H groups in total. The summed E-state index contributed by atoms with van der Waals surface area (Å²) in [6.07, 6.45) is 5.83. The molecule has 1 saturated carbocycles. The molecular formula is C46H50N10O5. The van der Waals surface area contributed by atoms with E-state index in [0.29, 0.717) is 36.4 Å². The number of piperidine rings is 1. The predicted molar refractivity (Wildman–Crippen MR) is 229 cm³/mol. The highest BCUT2D eigenvalue weighted by Crippen LogP contribution is 2.41. The quantitative estimate of drug-likeness (QED) is 0.129. The molecule has 4 aromatic heterocycles. The molecule has 0 spiro atoms. The lowest BCUT2D eigenvalue weighted by Gasteiger charge is -2.47. The van der Waals surface area contributed by atoms with E-state index in [1.807, 2.05) is 65.1 Å². The van der Waals surface area contributed by atoms with Crippen LogP contribution in [0.2, 0.25) is 0 Å². The van der Waals surface area contributed by atoms with E-state index in [1.165, 1.54) is 5.56 Å². The molecule has 6 heterocycles. The van der Waals surface area contributed by atoms with Gasteiger partial charge in [-0.3, -0.25) is 24.6 Å². The minimum Gasteiger partial charge on any atom is -0.481 e. The highest BCUT2D eigenvalue weighted by molar-refractivity contribution is 6.00. The van der Waals surface area contributed by atoms with E-state index in [4.69, 9.17) is 14.2 Å². The second-order valence-corrected chi connectivity index (χ2v) is 17.5. The summed E-state index contributed by atoms with van der Waals surface area (Å²) in [5.41, 5.74) is 7.33. The van der Waals surface area contributed by atoms with E-state index in [1.54, 1.807) is 6.33 Å². The first-order valence-electron chi connectivity index (χ1n) is 21.0. The Morgan fingerprint density at radius 1 is 0.951 bits per heavy atom. The molecule has 1 aliphatic carbocycles. The van der Waals surface area contributed by atoms with Gasteiger partial charge in [0.05, 0.1) is 11.7 Å². The van der Waals surface area contributed by atoms with E-state index < -0.39 is 12.0 Å². The second kappa shape index (κ2) is 16.2. The number of benzene rings is 2. The average Bonchev–Trinajstić information content (AvgIpc) is 3.92. The summed E-state index contributed by atoms with van der Waals surface area (Å²) >= 11 is 0. The first kappa shape index (κ1) is 40.0.